The van der Waals surface area contributed by atoms with E-state index in [2.05, 4.69) is 38.6 Å². The van der Waals surface area contributed by atoms with E-state index >= 15 is 0 Å². The second kappa shape index (κ2) is 4.78. The fourth-order valence-electron chi connectivity index (χ4n) is 1.77. The lowest BCUT2D eigenvalue weighted by atomic mass is 9.94. The summed E-state index contributed by atoms with van der Waals surface area (Å²) in [7, 11) is 0. The molecule has 1 heterocycles. The number of alkyl halides is 1. The number of amides is 1. The number of nitrogens with zero attached hydrogens (tertiary/aromatic N) is 1. The first kappa shape index (κ1) is 11.3. The average Bonchev–Trinajstić information content (AvgIpc) is 2.29. The zero-order chi connectivity index (χ0) is 11.5. The number of nitrogens with one attached hydrogen (secondary N) is 1. The molecular weight excluding hydrogens is 268 g/mol. The topological polar surface area (TPSA) is 41.5 Å². The predicted molar refractivity (Wildman–Crippen MR) is 67.5 cm³/mol. The van der Waals surface area contributed by atoms with Gasteiger partial charge in [-0.2, -0.15) is 5.10 Å². The maximum absolute atomic E-state index is 11.1. The highest BCUT2D eigenvalue weighted by molar-refractivity contribution is 9.08. The van der Waals surface area contributed by atoms with E-state index in [1.807, 2.05) is 19.1 Å². The van der Waals surface area contributed by atoms with Gasteiger partial charge in [0.2, 0.25) is 5.91 Å². The van der Waals surface area contributed by atoms with E-state index in [9.17, 15) is 4.79 Å². The van der Waals surface area contributed by atoms with Crippen molar-refractivity contribution in [1.29, 1.82) is 0 Å². The number of benzene rings is 1. The van der Waals surface area contributed by atoms with E-state index in [0.29, 0.717) is 6.42 Å². The van der Waals surface area contributed by atoms with E-state index in [0.717, 1.165) is 16.6 Å². The minimum Gasteiger partial charge on any atom is -0.273 e. The Morgan fingerprint density at radius 2 is 2.12 bits per heavy atom. The van der Waals surface area contributed by atoms with Crippen LogP contribution >= 0.6 is 15.9 Å². The first-order chi connectivity index (χ1) is 7.70. The third-order valence-electron chi connectivity index (χ3n) is 2.66. The molecule has 1 aromatic carbocycles. The standard InChI is InChI=1S/C12H13BrN2O/c1-8-6-11(16)14-15-12(8)10-4-2-9(7-13)3-5-10/h2-5,8H,6-7H2,1H3,(H,14,16). The van der Waals surface area contributed by atoms with Gasteiger partial charge in [0.1, 0.15) is 0 Å². The third kappa shape index (κ3) is 2.32. The normalized spacial score (nSPS) is 20.2. The molecule has 1 amide bonds. The molecule has 3 nitrogen and oxygen atoms in total. The van der Waals surface area contributed by atoms with Crippen LogP contribution in [0.15, 0.2) is 29.4 Å². The molecule has 0 spiro atoms. The van der Waals surface area contributed by atoms with Gasteiger partial charge in [-0.3, -0.25) is 4.79 Å². The van der Waals surface area contributed by atoms with Crippen LogP contribution in [0.1, 0.15) is 24.5 Å². The van der Waals surface area contributed by atoms with Crippen LogP contribution in [-0.2, 0) is 10.1 Å². The average molecular weight is 281 g/mol. The van der Waals surface area contributed by atoms with E-state index in [-0.39, 0.29) is 11.8 Å². The summed E-state index contributed by atoms with van der Waals surface area (Å²) in [5.41, 5.74) is 5.80. The van der Waals surface area contributed by atoms with Gasteiger partial charge in [-0.15, -0.1) is 0 Å². The van der Waals surface area contributed by atoms with Gasteiger partial charge in [0.05, 0.1) is 5.71 Å². The first-order valence-electron chi connectivity index (χ1n) is 5.22. The molecule has 2 rings (SSSR count). The summed E-state index contributed by atoms with van der Waals surface area (Å²) >= 11 is 3.41. The summed E-state index contributed by atoms with van der Waals surface area (Å²) in [5, 5.41) is 4.98. The van der Waals surface area contributed by atoms with E-state index in [1.165, 1.54) is 5.56 Å². The number of carbonyl (C=O) groups excluding carboxylic acids is 1. The summed E-state index contributed by atoms with van der Waals surface area (Å²) in [6.45, 7) is 2.02. The maximum Gasteiger partial charge on any atom is 0.240 e. The lowest BCUT2D eigenvalue weighted by Crippen LogP contribution is -2.31. The summed E-state index contributed by atoms with van der Waals surface area (Å²) in [4.78, 5) is 11.1. The summed E-state index contributed by atoms with van der Waals surface area (Å²) in [6.07, 6.45) is 0.513. The Balaban J connectivity index is 2.26. The van der Waals surface area contributed by atoms with E-state index < -0.39 is 0 Å². The molecule has 0 bridgehead atoms. The fourth-order valence-corrected chi connectivity index (χ4v) is 2.14. The Labute approximate surface area is 103 Å². The third-order valence-corrected chi connectivity index (χ3v) is 3.31. The quantitative estimate of drug-likeness (QED) is 0.831. The van der Waals surface area contributed by atoms with Gasteiger partial charge in [-0.05, 0) is 11.1 Å². The number of hydrogen-bond acceptors (Lipinski definition) is 2. The van der Waals surface area contributed by atoms with Crippen LogP contribution in [-0.4, -0.2) is 11.6 Å². The highest BCUT2D eigenvalue weighted by atomic mass is 79.9. The lowest BCUT2D eigenvalue weighted by Gasteiger charge is -2.19. The Hall–Kier alpha value is -1.16. The minimum absolute atomic E-state index is 0.00618. The molecule has 1 unspecified atom stereocenters. The van der Waals surface area contributed by atoms with Crippen molar-refractivity contribution in [2.45, 2.75) is 18.7 Å². The van der Waals surface area contributed by atoms with Crippen molar-refractivity contribution in [2.75, 3.05) is 0 Å². The van der Waals surface area contributed by atoms with Gasteiger partial charge in [0, 0.05) is 17.7 Å². The highest BCUT2D eigenvalue weighted by Gasteiger charge is 2.21. The molecule has 1 atom stereocenters. The molecule has 1 aromatic rings. The molecule has 0 saturated carbocycles. The smallest absolute Gasteiger partial charge is 0.240 e. The Morgan fingerprint density at radius 1 is 1.44 bits per heavy atom. The van der Waals surface area contributed by atoms with Crippen LogP contribution in [0.5, 0.6) is 0 Å². The molecule has 1 aliphatic heterocycles. The zero-order valence-corrected chi connectivity index (χ0v) is 10.6. The first-order valence-corrected chi connectivity index (χ1v) is 6.34. The molecule has 84 valence electrons. The molecule has 0 radical (unpaired) electrons. The van der Waals surface area contributed by atoms with Crippen molar-refractivity contribution in [2.24, 2.45) is 11.0 Å². The summed E-state index contributed by atoms with van der Waals surface area (Å²) in [5.74, 6) is 0.178. The van der Waals surface area contributed by atoms with Crippen LogP contribution in [0.25, 0.3) is 0 Å². The molecule has 0 saturated heterocycles. The van der Waals surface area contributed by atoms with Gasteiger partial charge < -0.3 is 0 Å². The van der Waals surface area contributed by atoms with Crippen LogP contribution in [0.4, 0.5) is 0 Å². The molecular formula is C12H13BrN2O. The van der Waals surface area contributed by atoms with Crippen LogP contribution < -0.4 is 5.43 Å². The lowest BCUT2D eigenvalue weighted by molar-refractivity contribution is -0.121. The largest absolute Gasteiger partial charge is 0.273 e. The minimum atomic E-state index is -0.00618. The Kier molecular flexibility index (Phi) is 3.39. The SMILES string of the molecule is CC1CC(=O)NN=C1c1ccc(CBr)cc1. The summed E-state index contributed by atoms with van der Waals surface area (Å²) < 4.78 is 0. The number of halogens is 1. The van der Waals surface area contributed by atoms with Gasteiger partial charge in [0.25, 0.3) is 0 Å². The molecule has 0 aliphatic carbocycles. The van der Waals surface area contributed by atoms with E-state index in [1.54, 1.807) is 0 Å². The molecule has 4 heteroatoms. The molecule has 0 fully saturated rings. The number of rotatable bonds is 2. The molecule has 1 aliphatic rings. The van der Waals surface area contributed by atoms with Crippen molar-refractivity contribution in [3.8, 4) is 0 Å². The van der Waals surface area contributed by atoms with Gasteiger partial charge in [-0.25, -0.2) is 5.43 Å². The number of carbonyl (C=O) groups is 1. The van der Waals surface area contributed by atoms with Crippen molar-refractivity contribution >= 4 is 27.5 Å². The molecule has 0 aromatic heterocycles. The van der Waals surface area contributed by atoms with Crippen molar-refractivity contribution < 1.29 is 4.79 Å². The summed E-state index contributed by atoms with van der Waals surface area (Å²) in [6, 6.07) is 8.22. The number of hydrazone groups is 1. The van der Waals surface area contributed by atoms with Crippen LogP contribution in [0.2, 0.25) is 0 Å². The van der Waals surface area contributed by atoms with Crippen molar-refractivity contribution in [3.05, 3.63) is 35.4 Å². The molecule has 16 heavy (non-hydrogen) atoms. The van der Waals surface area contributed by atoms with Crippen LogP contribution in [0, 0.1) is 5.92 Å². The van der Waals surface area contributed by atoms with E-state index in [4.69, 9.17) is 0 Å². The fraction of sp³-hybridized carbons (Fsp3) is 0.333. The van der Waals surface area contributed by atoms with Crippen molar-refractivity contribution in [3.63, 3.8) is 0 Å². The maximum atomic E-state index is 11.1. The second-order valence-electron chi connectivity index (χ2n) is 3.97. The highest BCUT2D eigenvalue weighted by Crippen LogP contribution is 2.17. The zero-order valence-electron chi connectivity index (χ0n) is 9.03. The molecule has 1 N–H and O–H groups in total. The monoisotopic (exact) mass is 280 g/mol. The Morgan fingerprint density at radius 3 is 2.69 bits per heavy atom. The van der Waals surface area contributed by atoms with Gasteiger partial charge in [-0.1, -0.05) is 47.1 Å². The van der Waals surface area contributed by atoms with Gasteiger partial charge >= 0.3 is 0 Å². The predicted octanol–water partition coefficient (Wildman–Crippen LogP) is 2.44. The van der Waals surface area contributed by atoms with Crippen molar-refractivity contribution in [1.82, 2.24) is 5.43 Å². The van der Waals surface area contributed by atoms with Crippen LogP contribution in [0.3, 0.4) is 0 Å². The number of hydrogen-bond donors (Lipinski definition) is 1. The van der Waals surface area contributed by atoms with Gasteiger partial charge in [0.15, 0.2) is 0 Å². The Bertz CT molecular complexity index is 425. The second-order valence-corrected chi connectivity index (χ2v) is 4.53.